The van der Waals surface area contributed by atoms with Crippen LogP contribution >= 0.6 is 15.9 Å². The van der Waals surface area contributed by atoms with Crippen molar-refractivity contribution in [1.82, 2.24) is 5.43 Å². The number of nitro benzene ring substituents is 1. The maximum absolute atomic E-state index is 12.2. The van der Waals surface area contributed by atoms with Crippen molar-refractivity contribution >= 4 is 44.7 Å². The Hall–Kier alpha value is -3.98. The molecule has 9 heteroatoms. The summed E-state index contributed by atoms with van der Waals surface area (Å²) < 4.78 is 12.0. The van der Waals surface area contributed by atoms with Gasteiger partial charge in [0.1, 0.15) is 17.9 Å². The van der Waals surface area contributed by atoms with Crippen molar-refractivity contribution in [3.8, 4) is 5.75 Å². The number of para-hydroxylation sites is 1. The zero-order chi connectivity index (χ0) is 22.5. The van der Waals surface area contributed by atoms with E-state index in [9.17, 15) is 14.9 Å². The molecule has 1 amide bonds. The van der Waals surface area contributed by atoms with Crippen molar-refractivity contribution in [1.29, 1.82) is 0 Å². The van der Waals surface area contributed by atoms with E-state index in [-0.39, 0.29) is 18.1 Å². The van der Waals surface area contributed by atoms with Crippen LogP contribution in [0.25, 0.3) is 11.0 Å². The smallest absolute Gasteiger partial charge is 0.307 e. The monoisotopic (exact) mass is 493 g/mol. The Bertz CT molecular complexity index is 1280. The molecule has 0 unspecified atom stereocenters. The molecule has 160 valence electrons. The van der Waals surface area contributed by atoms with Crippen molar-refractivity contribution in [2.75, 3.05) is 0 Å². The molecule has 0 bridgehead atoms. The Morgan fingerprint density at radius 3 is 2.62 bits per heavy atom. The van der Waals surface area contributed by atoms with Gasteiger partial charge in [-0.1, -0.05) is 18.2 Å². The van der Waals surface area contributed by atoms with Crippen molar-refractivity contribution in [2.45, 2.75) is 6.61 Å². The summed E-state index contributed by atoms with van der Waals surface area (Å²) in [5, 5.41) is 15.5. The molecule has 1 aromatic heterocycles. The number of nitrogens with one attached hydrogen (secondary N) is 1. The van der Waals surface area contributed by atoms with Gasteiger partial charge in [0.2, 0.25) is 0 Å². The number of hydrogen-bond acceptors (Lipinski definition) is 6. The lowest BCUT2D eigenvalue weighted by Crippen LogP contribution is -2.16. The third-order valence-corrected chi connectivity index (χ3v) is 5.15. The number of carbonyl (C=O) groups is 1. The Balaban J connectivity index is 1.34. The summed E-state index contributed by atoms with van der Waals surface area (Å²) in [5.41, 5.74) is 4.66. The van der Waals surface area contributed by atoms with E-state index in [0.29, 0.717) is 15.8 Å². The summed E-state index contributed by atoms with van der Waals surface area (Å²) in [6.07, 6.45) is 1.51. The summed E-state index contributed by atoms with van der Waals surface area (Å²) in [7, 11) is 0. The summed E-state index contributed by atoms with van der Waals surface area (Å²) in [4.78, 5) is 22.5. The third-order valence-electron chi connectivity index (χ3n) is 4.53. The molecule has 4 rings (SSSR count). The summed E-state index contributed by atoms with van der Waals surface area (Å²) >= 11 is 3.45. The van der Waals surface area contributed by atoms with Crippen LogP contribution in [0.2, 0.25) is 0 Å². The van der Waals surface area contributed by atoms with Gasteiger partial charge in [-0.25, -0.2) is 5.43 Å². The van der Waals surface area contributed by atoms with Crippen LogP contribution in [0.4, 0.5) is 5.69 Å². The van der Waals surface area contributed by atoms with Gasteiger partial charge in [0.05, 0.1) is 15.6 Å². The maximum Gasteiger partial charge on any atom is 0.307 e. The second-order valence-electron chi connectivity index (χ2n) is 6.75. The van der Waals surface area contributed by atoms with Gasteiger partial charge in [-0.05, 0) is 69.5 Å². The van der Waals surface area contributed by atoms with E-state index in [0.717, 1.165) is 16.5 Å². The molecule has 0 spiro atoms. The Morgan fingerprint density at radius 1 is 1.12 bits per heavy atom. The van der Waals surface area contributed by atoms with E-state index in [2.05, 4.69) is 26.5 Å². The Kier molecular flexibility index (Phi) is 6.27. The highest BCUT2D eigenvalue weighted by molar-refractivity contribution is 9.10. The van der Waals surface area contributed by atoms with Gasteiger partial charge in [0.15, 0.2) is 5.76 Å². The lowest BCUT2D eigenvalue weighted by Gasteiger charge is -2.09. The molecule has 0 aliphatic rings. The number of nitrogens with zero attached hydrogens (tertiary/aromatic N) is 2. The van der Waals surface area contributed by atoms with Crippen LogP contribution in [0.15, 0.2) is 86.8 Å². The highest BCUT2D eigenvalue weighted by Crippen LogP contribution is 2.26. The topological polar surface area (TPSA) is 107 Å². The number of furan rings is 1. The molecule has 0 saturated heterocycles. The number of ether oxygens (including phenoxy) is 1. The lowest BCUT2D eigenvalue weighted by atomic mass is 10.2. The second kappa shape index (κ2) is 9.44. The van der Waals surface area contributed by atoms with E-state index in [1.807, 2.05) is 18.2 Å². The van der Waals surface area contributed by atoms with Crippen LogP contribution < -0.4 is 10.2 Å². The fraction of sp³-hybridized carbons (Fsp3) is 0.0435. The van der Waals surface area contributed by atoms with Crippen LogP contribution in [-0.4, -0.2) is 17.0 Å². The number of fused-ring (bicyclic) bond motifs is 1. The molecular weight excluding hydrogens is 478 g/mol. The van der Waals surface area contributed by atoms with Crippen LogP contribution in [0.5, 0.6) is 5.75 Å². The van der Waals surface area contributed by atoms with Gasteiger partial charge in [0.25, 0.3) is 5.69 Å². The Morgan fingerprint density at radius 2 is 1.91 bits per heavy atom. The number of halogens is 1. The minimum absolute atomic E-state index is 0.0333. The standard InChI is InChI=1S/C23H16BrN3O5/c24-19-11-16(7-10-21(19)31-14-15-5-8-18(9-6-15)27(29)30)13-25-26-23(28)22-12-17-3-1-2-4-20(17)32-22/h1-13H,14H2,(H,26,28)/b25-13+. The fourth-order valence-electron chi connectivity index (χ4n) is 2.90. The van der Waals surface area contributed by atoms with Crippen molar-refractivity contribution < 1.29 is 18.9 Å². The van der Waals surface area contributed by atoms with Crippen LogP contribution in [0, 0.1) is 10.1 Å². The molecular formula is C23H16BrN3O5. The summed E-state index contributed by atoms with van der Waals surface area (Å²) in [6, 6.07) is 20.5. The molecule has 0 aliphatic carbocycles. The van der Waals surface area contributed by atoms with E-state index < -0.39 is 10.8 Å². The highest BCUT2D eigenvalue weighted by Gasteiger charge is 2.11. The minimum Gasteiger partial charge on any atom is -0.488 e. The van der Waals surface area contributed by atoms with E-state index in [1.165, 1.54) is 18.3 Å². The maximum atomic E-state index is 12.2. The number of amides is 1. The number of nitro groups is 1. The molecule has 3 aromatic carbocycles. The molecule has 4 aromatic rings. The number of hydrogen-bond donors (Lipinski definition) is 1. The van der Waals surface area contributed by atoms with E-state index in [4.69, 9.17) is 9.15 Å². The van der Waals surface area contributed by atoms with Gasteiger partial charge in [-0.3, -0.25) is 14.9 Å². The lowest BCUT2D eigenvalue weighted by molar-refractivity contribution is -0.384. The summed E-state index contributed by atoms with van der Waals surface area (Å²) in [5.74, 6) is 0.339. The zero-order valence-corrected chi connectivity index (χ0v) is 18.1. The van der Waals surface area contributed by atoms with E-state index >= 15 is 0 Å². The number of benzene rings is 3. The van der Waals surface area contributed by atoms with Gasteiger partial charge in [0, 0.05) is 17.5 Å². The average Bonchev–Trinajstić information content (AvgIpc) is 3.23. The van der Waals surface area contributed by atoms with Crippen molar-refractivity contribution in [2.24, 2.45) is 5.10 Å². The molecule has 1 N–H and O–H groups in total. The van der Waals surface area contributed by atoms with Crippen LogP contribution in [0.3, 0.4) is 0 Å². The summed E-state index contributed by atoms with van der Waals surface area (Å²) in [6.45, 7) is 0.261. The SMILES string of the molecule is O=C(N/N=C/c1ccc(OCc2ccc([N+](=O)[O-])cc2)c(Br)c1)c1cc2ccccc2o1. The van der Waals surface area contributed by atoms with Crippen molar-refractivity contribution in [3.05, 3.63) is 104 Å². The number of rotatable bonds is 7. The van der Waals surface area contributed by atoms with Gasteiger partial charge in [-0.15, -0.1) is 0 Å². The zero-order valence-electron chi connectivity index (χ0n) is 16.5. The Labute approximate surface area is 190 Å². The first kappa shape index (κ1) is 21.3. The normalized spacial score (nSPS) is 11.0. The van der Waals surface area contributed by atoms with Crippen LogP contribution in [-0.2, 0) is 6.61 Å². The number of non-ortho nitro benzene ring substituents is 1. The number of carbonyl (C=O) groups excluding carboxylic acids is 1. The first-order valence-corrected chi connectivity index (χ1v) is 10.3. The second-order valence-corrected chi connectivity index (χ2v) is 7.60. The average molecular weight is 494 g/mol. The fourth-order valence-corrected chi connectivity index (χ4v) is 3.41. The first-order chi connectivity index (χ1) is 15.5. The molecule has 0 radical (unpaired) electrons. The predicted octanol–water partition coefficient (Wildman–Crippen LogP) is 5.45. The minimum atomic E-state index is -0.445. The quantitative estimate of drug-likeness (QED) is 0.209. The highest BCUT2D eigenvalue weighted by atomic mass is 79.9. The molecule has 0 aliphatic heterocycles. The molecule has 1 heterocycles. The molecule has 0 atom stereocenters. The first-order valence-electron chi connectivity index (χ1n) is 9.47. The number of hydrazone groups is 1. The molecule has 8 nitrogen and oxygen atoms in total. The molecule has 32 heavy (non-hydrogen) atoms. The largest absolute Gasteiger partial charge is 0.488 e. The van der Waals surface area contributed by atoms with Gasteiger partial charge in [-0.2, -0.15) is 5.10 Å². The third kappa shape index (κ3) is 5.01. The molecule has 0 saturated carbocycles. The van der Waals surface area contributed by atoms with Crippen molar-refractivity contribution in [3.63, 3.8) is 0 Å². The van der Waals surface area contributed by atoms with Gasteiger partial charge >= 0.3 is 5.91 Å². The van der Waals surface area contributed by atoms with Crippen LogP contribution in [0.1, 0.15) is 21.7 Å². The predicted molar refractivity (Wildman–Crippen MR) is 123 cm³/mol. The van der Waals surface area contributed by atoms with E-state index in [1.54, 1.807) is 42.5 Å². The van der Waals surface area contributed by atoms with Gasteiger partial charge < -0.3 is 9.15 Å². The molecule has 0 fully saturated rings.